The number of anilines is 1. The van der Waals surface area contributed by atoms with Crippen molar-refractivity contribution in [3.05, 3.63) is 18.1 Å². The second-order valence-electron chi connectivity index (χ2n) is 3.72. The van der Waals surface area contributed by atoms with Gasteiger partial charge in [-0.1, -0.05) is 12.8 Å². The van der Waals surface area contributed by atoms with E-state index in [1.54, 1.807) is 0 Å². The van der Waals surface area contributed by atoms with Gasteiger partial charge in [0.1, 0.15) is 5.82 Å². The van der Waals surface area contributed by atoms with E-state index in [1.807, 2.05) is 0 Å². The predicted octanol–water partition coefficient (Wildman–Crippen LogP) is 1.53. The summed E-state index contributed by atoms with van der Waals surface area (Å²) in [5, 5.41) is 11.9. The Balaban J connectivity index is 2.00. The summed E-state index contributed by atoms with van der Waals surface area (Å²) in [5.74, 6) is -0.387. The van der Waals surface area contributed by atoms with Gasteiger partial charge in [-0.3, -0.25) is 0 Å². The highest BCUT2D eigenvalue weighted by Gasteiger charge is 2.15. The number of carboxylic acids is 1. The summed E-state index contributed by atoms with van der Waals surface area (Å²) in [7, 11) is 0. The second kappa shape index (κ2) is 4.25. The lowest BCUT2D eigenvalue weighted by atomic mass is 10.2. The molecule has 0 bridgehead atoms. The maximum atomic E-state index is 10.5. The van der Waals surface area contributed by atoms with Crippen LogP contribution in [0.4, 0.5) is 5.82 Å². The molecule has 5 heteroatoms. The lowest BCUT2D eigenvalue weighted by molar-refractivity contribution is 0.0690. The van der Waals surface area contributed by atoms with Gasteiger partial charge in [-0.15, -0.1) is 0 Å². The van der Waals surface area contributed by atoms with E-state index in [4.69, 9.17) is 5.11 Å². The standard InChI is InChI=1S/C10H13N3O2/c14-10(15)8-5-12-9(6-11-8)13-7-3-1-2-4-7/h5-7H,1-4H2,(H,12,13)(H,14,15). The van der Waals surface area contributed by atoms with Crippen molar-refractivity contribution in [1.29, 1.82) is 0 Å². The molecule has 1 aromatic heterocycles. The first-order valence-corrected chi connectivity index (χ1v) is 5.07. The predicted molar refractivity (Wildman–Crippen MR) is 54.9 cm³/mol. The average Bonchev–Trinajstić information content (AvgIpc) is 2.71. The smallest absolute Gasteiger partial charge is 0.356 e. The minimum absolute atomic E-state index is 0.0213. The molecule has 5 nitrogen and oxygen atoms in total. The number of aromatic carboxylic acids is 1. The fraction of sp³-hybridized carbons (Fsp3) is 0.500. The molecular formula is C10H13N3O2. The van der Waals surface area contributed by atoms with Crippen LogP contribution in [-0.4, -0.2) is 27.1 Å². The first-order valence-electron chi connectivity index (χ1n) is 5.07. The molecule has 0 saturated heterocycles. The van der Waals surface area contributed by atoms with E-state index < -0.39 is 5.97 Å². The van der Waals surface area contributed by atoms with Gasteiger partial charge in [-0.25, -0.2) is 14.8 Å². The maximum absolute atomic E-state index is 10.5. The van der Waals surface area contributed by atoms with Crippen molar-refractivity contribution in [3.8, 4) is 0 Å². The van der Waals surface area contributed by atoms with Crippen LogP contribution in [0.25, 0.3) is 0 Å². The zero-order valence-corrected chi connectivity index (χ0v) is 8.31. The van der Waals surface area contributed by atoms with Crippen molar-refractivity contribution < 1.29 is 9.90 Å². The molecule has 0 radical (unpaired) electrons. The molecule has 0 aromatic carbocycles. The Morgan fingerprint density at radius 3 is 2.60 bits per heavy atom. The van der Waals surface area contributed by atoms with Crippen molar-refractivity contribution in [2.75, 3.05) is 5.32 Å². The van der Waals surface area contributed by atoms with E-state index in [1.165, 1.54) is 25.2 Å². The summed E-state index contributed by atoms with van der Waals surface area (Å²) in [6.07, 6.45) is 7.56. The van der Waals surface area contributed by atoms with E-state index in [0.29, 0.717) is 11.9 Å². The van der Waals surface area contributed by atoms with E-state index in [2.05, 4.69) is 15.3 Å². The van der Waals surface area contributed by atoms with Crippen LogP contribution < -0.4 is 5.32 Å². The van der Waals surface area contributed by atoms with E-state index in [9.17, 15) is 4.79 Å². The summed E-state index contributed by atoms with van der Waals surface area (Å²) in [6.45, 7) is 0. The van der Waals surface area contributed by atoms with Crippen LogP contribution >= 0.6 is 0 Å². The number of nitrogens with zero attached hydrogens (tertiary/aromatic N) is 2. The number of aromatic nitrogens is 2. The van der Waals surface area contributed by atoms with E-state index in [-0.39, 0.29) is 5.69 Å². The summed E-state index contributed by atoms with van der Waals surface area (Å²) >= 11 is 0. The molecule has 1 aliphatic carbocycles. The van der Waals surface area contributed by atoms with Crippen molar-refractivity contribution in [2.45, 2.75) is 31.7 Å². The van der Waals surface area contributed by atoms with Crippen molar-refractivity contribution in [2.24, 2.45) is 0 Å². The van der Waals surface area contributed by atoms with Gasteiger partial charge in [0.15, 0.2) is 5.69 Å². The molecule has 0 spiro atoms. The van der Waals surface area contributed by atoms with Gasteiger partial charge in [0.2, 0.25) is 0 Å². The molecule has 0 amide bonds. The highest BCUT2D eigenvalue weighted by atomic mass is 16.4. The van der Waals surface area contributed by atoms with Crippen molar-refractivity contribution in [1.82, 2.24) is 9.97 Å². The van der Waals surface area contributed by atoms with Crippen molar-refractivity contribution in [3.63, 3.8) is 0 Å². The molecule has 0 unspecified atom stereocenters. The van der Waals surface area contributed by atoms with Crippen LogP contribution in [0.15, 0.2) is 12.4 Å². The van der Waals surface area contributed by atoms with Gasteiger partial charge < -0.3 is 10.4 Å². The number of carboxylic acid groups (broad SMARTS) is 1. The third kappa shape index (κ3) is 2.43. The lowest BCUT2D eigenvalue weighted by Crippen LogP contribution is -2.16. The first kappa shape index (κ1) is 9.89. The highest BCUT2D eigenvalue weighted by molar-refractivity contribution is 5.84. The molecule has 80 valence electrons. The van der Waals surface area contributed by atoms with Crippen LogP contribution in [0.3, 0.4) is 0 Å². The van der Waals surface area contributed by atoms with Crippen LogP contribution in [0.5, 0.6) is 0 Å². The third-order valence-corrected chi connectivity index (χ3v) is 2.58. The molecule has 1 saturated carbocycles. The van der Waals surface area contributed by atoms with Crippen LogP contribution in [0.2, 0.25) is 0 Å². The molecular weight excluding hydrogens is 194 g/mol. The Kier molecular flexibility index (Phi) is 2.80. The van der Waals surface area contributed by atoms with E-state index in [0.717, 1.165) is 12.8 Å². The number of hydrogen-bond acceptors (Lipinski definition) is 4. The van der Waals surface area contributed by atoms with Gasteiger partial charge in [-0.05, 0) is 12.8 Å². The zero-order valence-electron chi connectivity index (χ0n) is 8.31. The SMILES string of the molecule is O=C(O)c1cnc(NC2CCCC2)cn1. The lowest BCUT2D eigenvalue weighted by Gasteiger charge is -2.11. The van der Waals surface area contributed by atoms with Gasteiger partial charge in [0.25, 0.3) is 0 Å². The number of carbonyl (C=O) groups is 1. The number of hydrogen-bond donors (Lipinski definition) is 2. The monoisotopic (exact) mass is 207 g/mol. The molecule has 2 N–H and O–H groups in total. The van der Waals surface area contributed by atoms with Gasteiger partial charge in [-0.2, -0.15) is 0 Å². The normalized spacial score (nSPS) is 16.5. The largest absolute Gasteiger partial charge is 0.476 e. The molecule has 2 rings (SSSR count). The minimum Gasteiger partial charge on any atom is -0.476 e. The molecule has 1 aliphatic rings. The Hall–Kier alpha value is -1.65. The Morgan fingerprint density at radius 1 is 1.33 bits per heavy atom. The fourth-order valence-electron chi connectivity index (χ4n) is 1.79. The second-order valence-corrected chi connectivity index (χ2v) is 3.72. The molecule has 0 atom stereocenters. The summed E-state index contributed by atoms with van der Waals surface area (Å²) in [6, 6.07) is 0.468. The summed E-state index contributed by atoms with van der Waals surface area (Å²) < 4.78 is 0. The maximum Gasteiger partial charge on any atom is 0.356 e. The van der Waals surface area contributed by atoms with Crippen LogP contribution in [0.1, 0.15) is 36.2 Å². The molecule has 1 fully saturated rings. The highest BCUT2D eigenvalue weighted by Crippen LogP contribution is 2.20. The summed E-state index contributed by atoms with van der Waals surface area (Å²) in [5.41, 5.74) is -0.0213. The van der Waals surface area contributed by atoms with Crippen LogP contribution in [0, 0.1) is 0 Å². The van der Waals surface area contributed by atoms with Crippen molar-refractivity contribution >= 4 is 11.8 Å². The number of rotatable bonds is 3. The fourth-order valence-corrected chi connectivity index (χ4v) is 1.79. The topological polar surface area (TPSA) is 75.1 Å². The third-order valence-electron chi connectivity index (χ3n) is 2.58. The number of nitrogens with one attached hydrogen (secondary N) is 1. The minimum atomic E-state index is -1.05. The summed E-state index contributed by atoms with van der Waals surface area (Å²) in [4.78, 5) is 18.3. The van der Waals surface area contributed by atoms with E-state index >= 15 is 0 Å². The van der Waals surface area contributed by atoms with Gasteiger partial charge >= 0.3 is 5.97 Å². The Labute approximate surface area is 87.6 Å². The average molecular weight is 207 g/mol. The molecule has 1 aromatic rings. The molecule has 0 aliphatic heterocycles. The van der Waals surface area contributed by atoms with Gasteiger partial charge in [0.05, 0.1) is 12.4 Å². The quantitative estimate of drug-likeness (QED) is 0.786. The van der Waals surface area contributed by atoms with Crippen LogP contribution in [-0.2, 0) is 0 Å². The Bertz CT molecular complexity index is 344. The molecule has 15 heavy (non-hydrogen) atoms. The zero-order chi connectivity index (χ0) is 10.7. The Morgan fingerprint density at radius 2 is 2.07 bits per heavy atom. The van der Waals surface area contributed by atoms with Gasteiger partial charge in [0, 0.05) is 6.04 Å². The first-order chi connectivity index (χ1) is 7.25. The molecule has 1 heterocycles.